The number of aromatic amines is 1. The predicted octanol–water partition coefficient (Wildman–Crippen LogP) is 1.86. The van der Waals surface area contributed by atoms with E-state index in [9.17, 15) is 18.8 Å². The minimum Gasteiger partial charge on any atom is -0.408 e. The highest BCUT2D eigenvalue weighted by molar-refractivity contribution is 5.97. The van der Waals surface area contributed by atoms with E-state index in [-0.39, 0.29) is 17.4 Å². The van der Waals surface area contributed by atoms with Crippen molar-refractivity contribution >= 4 is 22.9 Å². The summed E-state index contributed by atoms with van der Waals surface area (Å²) in [6.07, 6.45) is 0. The third-order valence-electron chi connectivity index (χ3n) is 4.63. The number of halogens is 1. The van der Waals surface area contributed by atoms with Crippen LogP contribution < -0.4 is 5.76 Å². The second-order valence-corrected chi connectivity index (χ2v) is 6.29. The summed E-state index contributed by atoms with van der Waals surface area (Å²) in [6.45, 7) is 1.32. The third-order valence-corrected chi connectivity index (χ3v) is 4.63. The third kappa shape index (κ3) is 3.21. The van der Waals surface area contributed by atoms with Gasteiger partial charge >= 0.3 is 5.76 Å². The molecule has 0 saturated carbocycles. The van der Waals surface area contributed by atoms with Crippen LogP contribution in [-0.2, 0) is 0 Å². The molecule has 0 radical (unpaired) electrons. The van der Waals surface area contributed by atoms with E-state index in [0.717, 1.165) is 0 Å². The fourth-order valence-corrected chi connectivity index (χ4v) is 3.18. The highest BCUT2D eigenvalue weighted by Crippen LogP contribution is 2.17. The number of aromatic nitrogens is 1. The van der Waals surface area contributed by atoms with Gasteiger partial charge in [0.2, 0.25) is 0 Å². The summed E-state index contributed by atoms with van der Waals surface area (Å²) in [5, 5.41) is 0. The number of oxazole rings is 1. The number of benzene rings is 2. The Bertz CT molecular complexity index is 1080. The van der Waals surface area contributed by atoms with E-state index in [4.69, 9.17) is 4.42 Å². The molecular formula is C19H16FN3O4. The summed E-state index contributed by atoms with van der Waals surface area (Å²) in [6, 6.07) is 10.6. The highest BCUT2D eigenvalue weighted by atomic mass is 19.1. The van der Waals surface area contributed by atoms with Gasteiger partial charge in [-0.1, -0.05) is 12.1 Å². The molecule has 1 saturated heterocycles. The molecule has 1 fully saturated rings. The maximum absolute atomic E-state index is 13.8. The van der Waals surface area contributed by atoms with E-state index in [1.165, 1.54) is 29.2 Å². The van der Waals surface area contributed by atoms with Crippen LogP contribution in [0.2, 0.25) is 0 Å². The van der Waals surface area contributed by atoms with Crippen LogP contribution >= 0.6 is 0 Å². The molecule has 2 amide bonds. The number of hydrogen-bond donors (Lipinski definition) is 1. The molecule has 1 aliphatic rings. The van der Waals surface area contributed by atoms with E-state index in [1.54, 1.807) is 23.1 Å². The number of hydrogen-bond acceptors (Lipinski definition) is 4. The lowest BCUT2D eigenvalue weighted by molar-refractivity contribution is 0.0533. The Morgan fingerprint density at radius 2 is 1.63 bits per heavy atom. The van der Waals surface area contributed by atoms with Gasteiger partial charge < -0.3 is 14.2 Å². The molecule has 138 valence electrons. The highest BCUT2D eigenvalue weighted by Gasteiger charge is 2.27. The molecule has 8 heteroatoms. The predicted molar refractivity (Wildman–Crippen MR) is 95.0 cm³/mol. The largest absolute Gasteiger partial charge is 0.417 e. The molecule has 0 bridgehead atoms. The maximum Gasteiger partial charge on any atom is 0.417 e. The normalized spacial score (nSPS) is 14.6. The van der Waals surface area contributed by atoms with Crippen LogP contribution in [0.25, 0.3) is 11.1 Å². The zero-order chi connectivity index (χ0) is 19.0. The molecule has 27 heavy (non-hydrogen) atoms. The maximum atomic E-state index is 13.8. The number of piperazine rings is 1. The molecule has 2 aromatic carbocycles. The van der Waals surface area contributed by atoms with Crippen molar-refractivity contribution in [1.82, 2.24) is 14.8 Å². The number of nitrogens with zero attached hydrogens (tertiary/aromatic N) is 2. The Balaban J connectivity index is 1.45. The van der Waals surface area contributed by atoms with Gasteiger partial charge in [0, 0.05) is 31.7 Å². The first-order chi connectivity index (χ1) is 13.0. The van der Waals surface area contributed by atoms with Crippen LogP contribution in [0.1, 0.15) is 20.7 Å². The van der Waals surface area contributed by atoms with Crippen molar-refractivity contribution in [3.05, 3.63) is 70.0 Å². The standard InChI is InChI=1S/C19H16FN3O4/c20-14-4-2-1-3-13(14)18(25)23-9-7-22(8-10-23)17(24)12-5-6-15-16(11-12)27-19(26)21-15/h1-6,11H,7-10H2,(H,21,26). The number of carbonyl (C=O) groups is 2. The van der Waals surface area contributed by atoms with E-state index in [1.807, 2.05) is 0 Å². The van der Waals surface area contributed by atoms with Gasteiger partial charge in [0.25, 0.3) is 11.8 Å². The van der Waals surface area contributed by atoms with Crippen LogP contribution in [0.3, 0.4) is 0 Å². The molecular weight excluding hydrogens is 353 g/mol. The summed E-state index contributed by atoms with van der Waals surface area (Å²) >= 11 is 0. The van der Waals surface area contributed by atoms with Crippen LogP contribution in [-0.4, -0.2) is 52.8 Å². The summed E-state index contributed by atoms with van der Waals surface area (Å²) in [5.41, 5.74) is 1.28. The van der Waals surface area contributed by atoms with Gasteiger partial charge in [-0.05, 0) is 30.3 Å². The Morgan fingerprint density at radius 1 is 0.963 bits per heavy atom. The van der Waals surface area contributed by atoms with Crippen molar-refractivity contribution in [3.63, 3.8) is 0 Å². The van der Waals surface area contributed by atoms with Crippen molar-refractivity contribution in [1.29, 1.82) is 0 Å². The molecule has 3 aromatic rings. The van der Waals surface area contributed by atoms with Gasteiger partial charge in [-0.3, -0.25) is 14.6 Å². The molecule has 0 spiro atoms. The first-order valence-electron chi connectivity index (χ1n) is 8.49. The minimum absolute atomic E-state index is 0.0326. The SMILES string of the molecule is O=C(c1ccc2[nH]c(=O)oc2c1)N1CCN(C(=O)c2ccccc2F)CC1. The molecule has 1 aliphatic heterocycles. The molecule has 7 nitrogen and oxygen atoms in total. The minimum atomic E-state index is -0.574. The first kappa shape index (κ1) is 17.0. The van der Waals surface area contributed by atoms with Gasteiger partial charge in [-0.25, -0.2) is 9.18 Å². The van der Waals surface area contributed by atoms with Crippen LogP contribution in [0, 0.1) is 5.82 Å². The number of carbonyl (C=O) groups excluding carboxylic acids is 2. The Kier molecular flexibility index (Phi) is 4.23. The smallest absolute Gasteiger partial charge is 0.408 e. The summed E-state index contributed by atoms with van der Waals surface area (Å²) in [4.78, 5) is 42.0. The van der Waals surface area contributed by atoms with E-state index < -0.39 is 11.6 Å². The fourth-order valence-electron chi connectivity index (χ4n) is 3.18. The second kappa shape index (κ2) is 6.71. The number of nitrogens with one attached hydrogen (secondary N) is 1. The topological polar surface area (TPSA) is 86.6 Å². The van der Waals surface area contributed by atoms with Crippen LogP contribution in [0.15, 0.2) is 51.7 Å². The number of amides is 2. The van der Waals surface area contributed by atoms with Crippen molar-refractivity contribution in [3.8, 4) is 0 Å². The lowest BCUT2D eigenvalue weighted by Gasteiger charge is -2.34. The fraction of sp³-hybridized carbons (Fsp3) is 0.211. The van der Waals surface area contributed by atoms with Gasteiger partial charge in [-0.2, -0.15) is 0 Å². The summed E-state index contributed by atoms with van der Waals surface area (Å²) < 4.78 is 18.8. The average Bonchev–Trinajstić information content (AvgIpc) is 3.06. The molecule has 0 aliphatic carbocycles. The molecule has 4 rings (SSSR count). The van der Waals surface area contributed by atoms with Crippen molar-refractivity contribution < 1.29 is 18.4 Å². The van der Waals surface area contributed by atoms with Crippen molar-refractivity contribution in [2.75, 3.05) is 26.2 Å². The van der Waals surface area contributed by atoms with Crippen LogP contribution in [0.4, 0.5) is 4.39 Å². The first-order valence-corrected chi connectivity index (χ1v) is 8.49. The average molecular weight is 369 g/mol. The van der Waals surface area contributed by atoms with Gasteiger partial charge in [0.1, 0.15) is 5.82 Å². The van der Waals surface area contributed by atoms with E-state index in [2.05, 4.69) is 4.98 Å². The lowest BCUT2D eigenvalue weighted by atomic mass is 10.1. The van der Waals surface area contributed by atoms with Crippen molar-refractivity contribution in [2.24, 2.45) is 0 Å². The number of fused-ring (bicyclic) bond motifs is 1. The number of H-pyrrole nitrogens is 1. The van der Waals surface area contributed by atoms with Crippen molar-refractivity contribution in [2.45, 2.75) is 0 Å². The molecule has 1 aromatic heterocycles. The number of rotatable bonds is 2. The monoisotopic (exact) mass is 369 g/mol. The van der Waals surface area contributed by atoms with Crippen LogP contribution in [0.5, 0.6) is 0 Å². The zero-order valence-corrected chi connectivity index (χ0v) is 14.3. The zero-order valence-electron chi connectivity index (χ0n) is 14.3. The second-order valence-electron chi connectivity index (χ2n) is 6.29. The molecule has 2 heterocycles. The molecule has 0 unspecified atom stereocenters. The van der Waals surface area contributed by atoms with E-state index in [0.29, 0.717) is 42.8 Å². The van der Waals surface area contributed by atoms with Gasteiger partial charge in [0.05, 0.1) is 11.1 Å². The lowest BCUT2D eigenvalue weighted by Crippen LogP contribution is -2.50. The van der Waals surface area contributed by atoms with Gasteiger partial charge in [-0.15, -0.1) is 0 Å². The van der Waals surface area contributed by atoms with Gasteiger partial charge in [0.15, 0.2) is 5.58 Å². The summed E-state index contributed by atoms with van der Waals surface area (Å²) in [5.74, 6) is -1.72. The molecule has 0 atom stereocenters. The Labute approximate surface area is 153 Å². The quantitative estimate of drug-likeness (QED) is 0.747. The Morgan fingerprint density at radius 3 is 2.33 bits per heavy atom. The summed E-state index contributed by atoms with van der Waals surface area (Å²) in [7, 11) is 0. The van der Waals surface area contributed by atoms with E-state index >= 15 is 0 Å². The molecule has 1 N–H and O–H groups in total. The Hall–Kier alpha value is -3.42.